The zero-order chi connectivity index (χ0) is 28.7. The minimum atomic E-state index is -4.28. The van der Waals surface area contributed by atoms with E-state index >= 15 is 0 Å². The third kappa shape index (κ3) is 6.85. The molecule has 11 heteroatoms. The van der Waals surface area contributed by atoms with Crippen LogP contribution in [0.4, 0.5) is 10.1 Å². The Morgan fingerprint density at radius 1 is 0.949 bits per heavy atom. The first-order chi connectivity index (χ1) is 18.5. The number of hydrogen-bond donors (Lipinski definition) is 1. The second kappa shape index (κ2) is 12.6. The number of sulfonamides is 1. The summed E-state index contributed by atoms with van der Waals surface area (Å²) in [6, 6.07) is 15.4. The quantitative estimate of drug-likeness (QED) is 0.387. The van der Waals surface area contributed by atoms with E-state index in [1.807, 2.05) is 6.92 Å². The molecule has 0 aliphatic carbocycles. The summed E-state index contributed by atoms with van der Waals surface area (Å²) in [5.74, 6) is -0.947. The van der Waals surface area contributed by atoms with Gasteiger partial charge in [-0.3, -0.25) is 13.9 Å². The molecule has 0 aliphatic heterocycles. The summed E-state index contributed by atoms with van der Waals surface area (Å²) in [6.45, 7) is 2.77. The van der Waals surface area contributed by atoms with E-state index in [2.05, 4.69) is 5.32 Å². The van der Waals surface area contributed by atoms with Gasteiger partial charge in [0.25, 0.3) is 10.0 Å². The van der Waals surface area contributed by atoms with Gasteiger partial charge in [-0.2, -0.15) is 0 Å². The van der Waals surface area contributed by atoms with Crippen LogP contribution in [0.5, 0.6) is 11.5 Å². The molecule has 0 aromatic heterocycles. The van der Waals surface area contributed by atoms with Crippen LogP contribution in [0.15, 0.2) is 71.6 Å². The second-order valence-electron chi connectivity index (χ2n) is 8.80. The molecule has 0 bridgehead atoms. The molecule has 1 atom stereocenters. The topological polar surface area (TPSA) is 105 Å². The molecule has 3 aromatic carbocycles. The predicted octanol–water partition coefficient (Wildman–Crippen LogP) is 3.51. The minimum Gasteiger partial charge on any atom is -0.493 e. The van der Waals surface area contributed by atoms with Crippen LogP contribution in [-0.4, -0.2) is 59.0 Å². The van der Waals surface area contributed by atoms with E-state index < -0.39 is 40.2 Å². The number of halogens is 1. The summed E-state index contributed by atoms with van der Waals surface area (Å²) in [5.41, 5.74) is 1.74. The average molecular weight is 558 g/mol. The zero-order valence-electron chi connectivity index (χ0n) is 22.5. The van der Waals surface area contributed by atoms with E-state index in [0.29, 0.717) is 11.3 Å². The zero-order valence-corrected chi connectivity index (χ0v) is 23.3. The highest BCUT2D eigenvalue weighted by Gasteiger charge is 2.32. The lowest BCUT2D eigenvalue weighted by molar-refractivity contribution is -0.139. The number of carbonyl (C=O) groups is 2. The number of anilines is 1. The predicted molar refractivity (Wildman–Crippen MR) is 146 cm³/mol. The van der Waals surface area contributed by atoms with Crippen LogP contribution in [0.2, 0.25) is 0 Å². The van der Waals surface area contributed by atoms with E-state index in [1.165, 1.54) is 68.6 Å². The maximum absolute atomic E-state index is 13.9. The van der Waals surface area contributed by atoms with Crippen molar-refractivity contribution >= 4 is 27.5 Å². The fraction of sp³-hybridized carbons (Fsp3) is 0.286. The van der Waals surface area contributed by atoms with Crippen LogP contribution in [0.25, 0.3) is 0 Å². The summed E-state index contributed by atoms with van der Waals surface area (Å²) < 4.78 is 52.8. The number of rotatable bonds is 11. The van der Waals surface area contributed by atoms with E-state index in [4.69, 9.17) is 9.47 Å². The number of aryl methyl sites for hydroxylation is 1. The number of likely N-dealkylation sites (N-methyl/N-ethyl adjacent to an activating group) is 1. The fourth-order valence-corrected chi connectivity index (χ4v) is 5.35. The number of benzene rings is 3. The van der Waals surface area contributed by atoms with Gasteiger partial charge in [-0.1, -0.05) is 29.8 Å². The van der Waals surface area contributed by atoms with Crippen molar-refractivity contribution in [2.75, 3.05) is 32.1 Å². The molecule has 39 heavy (non-hydrogen) atoms. The van der Waals surface area contributed by atoms with E-state index in [9.17, 15) is 22.4 Å². The Morgan fingerprint density at radius 3 is 2.13 bits per heavy atom. The summed E-state index contributed by atoms with van der Waals surface area (Å²) >= 11 is 0. The second-order valence-corrected chi connectivity index (χ2v) is 10.7. The number of methoxy groups -OCH3 is 2. The molecule has 0 fully saturated rings. The molecule has 2 amide bonds. The number of nitrogens with zero attached hydrogens (tertiary/aromatic N) is 2. The van der Waals surface area contributed by atoms with Gasteiger partial charge in [-0.05, 0) is 55.8 Å². The normalized spacial score (nSPS) is 11.8. The molecule has 3 aromatic rings. The van der Waals surface area contributed by atoms with Crippen molar-refractivity contribution in [1.29, 1.82) is 0 Å². The van der Waals surface area contributed by atoms with Gasteiger partial charge < -0.3 is 19.7 Å². The monoisotopic (exact) mass is 557 g/mol. The Morgan fingerprint density at radius 2 is 1.56 bits per heavy atom. The number of hydrogen-bond acceptors (Lipinski definition) is 6. The van der Waals surface area contributed by atoms with Crippen molar-refractivity contribution in [2.45, 2.75) is 31.3 Å². The van der Waals surface area contributed by atoms with Crippen molar-refractivity contribution in [1.82, 2.24) is 10.2 Å². The maximum atomic E-state index is 13.9. The molecular weight excluding hydrogens is 525 g/mol. The van der Waals surface area contributed by atoms with Gasteiger partial charge in [0.2, 0.25) is 11.8 Å². The molecule has 208 valence electrons. The van der Waals surface area contributed by atoms with Gasteiger partial charge >= 0.3 is 0 Å². The summed E-state index contributed by atoms with van der Waals surface area (Å²) in [5, 5.41) is 2.52. The first-order valence-electron chi connectivity index (χ1n) is 12.1. The molecule has 3 rings (SSSR count). The molecule has 0 heterocycles. The molecule has 9 nitrogen and oxygen atoms in total. The Balaban J connectivity index is 2.06. The lowest BCUT2D eigenvalue weighted by Gasteiger charge is -2.32. The number of amides is 2. The third-order valence-corrected chi connectivity index (χ3v) is 7.99. The van der Waals surface area contributed by atoms with Gasteiger partial charge in [0.05, 0.1) is 24.8 Å². The molecule has 0 unspecified atom stereocenters. The van der Waals surface area contributed by atoms with Gasteiger partial charge in [0, 0.05) is 19.7 Å². The van der Waals surface area contributed by atoms with Crippen LogP contribution in [0.3, 0.4) is 0 Å². The minimum absolute atomic E-state index is 0.0359. The lowest BCUT2D eigenvalue weighted by atomic mass is 10.1. The van der Waals surface area contributed by atoms with E-state index in [-0.39, 0.29) is 22.9 Å². The van der Waals surface area contributed by atoms with Gasteiger partial charge in [0.15, 0.2) is 11.5 Å². The summed E-state index contributed by atoms with van der Waals surface area (Å²) in [6.07, 6.45) is 0. The first kappa shape index (κ1) is 29.4. The largest absolute Gasteiger partial charge is 0.493 e. The van der Waals surface area contributed by atoms with Gasteiger partial charge in [0.1, 0.15) is 18.4 Å². The Kier molecular flexibility index (Phi) is 9.52. The number of ether oxygens (including phenoxy) is 2. The highest BCUT2D eigenvalue weighted by molar-refractivity contribution is 7.92. The first-order valence-corrected chi connectivity index (χ1v) is 13.5. The smallest absolute Gasteiger partial charge is 0.264 e. The van der Waals surface area contributed by atoms with Crippen LogP contribution in [0.1, 0.15) is 18.1 Å². The van der Waals surface area contributed by atoms with Gasteiger partial charge in [-0.25, -0.2) is 12.8 Å². The van der Waals surface area contributed by atoms with Crippen LogP contribution in [0, 0.1) is 12.7 Å². The van der Waals surface area contributed by atoms with E-state index in [1.54, 1.807) is 31.2 Å². The molecule has 0 saturated carbocycles. The summed E-state index contributed by atoms with van der Waals surface area (Å²) in [4.78, 5) is 27.4. The third-order valence-electron chi connectivity index (χ3n) is 6.22. The standard InChI is InChI=1S/C28H32FN3O6S/c1-19-6-12-23(13-7-19)32(39(35,36)24-14-15-25(37-4)26(16-24)38-5)18-27(33)31(20(2)28(34)30-3)17-21-8-10-22(29)11-9-21/h6-16,20H,17-18H2,1-5H3,(H,30,34)/t20-/m0/s1. The molecule has 0 spiro atoms. The van der Waals surface area contributed by atoms with Crippen LogP contribution >= 0.6 is 0 Å². The SMILES string of the molecule is CNC(=O)[C@H](C)N(Cc1ccc(F)cc1)C(=O)CN(c1ccc(C)cc1)S(=O)(=O)c1ccc(OC)c(OC)c1. The van der Waals surface area contributed by atoms with Crippen LogP contribution < -0.4 is 19.1 Å². The van der Waals surface area contributed by atoms with Crippen LogP contribution in [-0.2, 0) is 26.2 Å². The molecular formula is C28H32FN3O6S. The fourth-order valence-electron chi connectivity index (χ4n) is 3.92. The average Bonchev–Trinajstić information content (AvgIpc) is 2.94. The summed E-state index contributed by atoms with van der Waals surface area (Å²) in [7, 11) is -0.0100. The molecule has 1 N–H and O–H groups in total. The maximum Gasteiger partial charge on any atom is 0.264 e. The Hall–Kier alpha value is -4.12. The van der Waals surface area contributed by atoms with E-state index in [0.717, 1.165) is 9.87 Å². The number of carbonyl (C=O) groups excluding carboxylic acids is 2. The Labute approximate surface area is 228 Å². The molecule has 0 aliphatic rings. The van der Waals surface area contributed by atoms with Crippen molar-refractivity contribution in [2.24, 2.45) is 0 Å². The molecule has 0 saturated heterocycles. The highest BCUT2D eigenvalue weighted by atomic mass is 32.2. The number of nitrogens with one attached hydrogen (secondary N) is 1. The highest BCUT2D eigenvalue weighted by Crippen LogP contribution is 2.32. The lowest BCUT2D eigenvalue weighted by Crippen LogP contribution is -2.50. The van der Waals surface area contributed by atoms with Crippen molar-refractivity contribution in [3.63, 3.8) is 0 Å². The van der Waals surface area contributed by atoms with Gasteiger partial charge in [-0.15, -0.1) is 0 Å². The van der Waals surface area contributed by atoms with Crippen molar-refractivity contribution in [3.8, 4) is 11.5 Å². The Bertz CT molecular complexity index is 1410. The molecule has 0 radical (unpaired) electrons. The van der Waals surface area contributed by atoms with Crippen molar-refractivity contribution in [3.05, 3.63) is 83.7 Å². The van der Waals surface area contributed by atoms with Crippen molar-refractivity contribution < 1.29 is 31.9 Å².